The quantitative estimate of drug-likeness (QED) is 0.748. The second-order valence-electron chi connectivity index (χ2n) is 6.30. The highest BCUT2D eigenvalue weighted by molar-refractivity contribution is 5.75. The van der Waals surface area contributed by atoms with E-state index < -0.39 is 5.69 Å². The lowest BCUT2D eigenvalue weighted by molar-refractivity contribution is 0.363. The van der Waals surface area contributed by atoms with E-state index in [1.807, 2.05) is 4.57 Å². The van der Waals surface area contributed by atoms with Gasteiger partial charge in [0.05, 0.1) is 6.54 Å². The molecule has 120 valence electrons. The Kier molecular flexibility index (Phi) is 3.08. The molecule has 23 heavy (non-hydrogen) atoms. The van der Waals surface area contributed by atoms with Crippen LogP contribution in [0.25, 0.3) is 11.2 Å². The second kappa shape index (κ2) is 5.01. The number of aryl methyl sites for hydroxylation is 2. The molecule has 1 aliphatic carbocycles. The summed E-state index contributed by atoms with van der Waals surface area (Å²) in [5, 5.41) is 0. The zero-order valence-electron chi connectivity index (χ0n) is 13.2. The van der Waals surface area contributed by atoms with Gasteiger partial charge in [-0.05, 0) is 25.7 Å². The lowest BCUT2D eigenvalue weighted by atomic mass is 9.91. The smallest absolute Gasteiger partial charge is 0.333 e. The molecule has 0 radical (unpaired) electrons. The summed E-state index contributed by atoms with van der Waals surface area (Å²) in [6.45, 7) is 1.69. The molecular weight excluding hydrogens is 294 g/mol. The van der Waals surface area contributed by atoms with Crippen LogP contribution < -0.4 is 16.1 Å². The SMILES string of the molecule is C#CCn1c(=O)c2c(nc3n2CCCN3C2CCC2)n(C)c1=O. The van der Waals surface area contributed by atoms with Crippen LogP contribution in [-0.4, -0.2) is 31.3 Å². The monoisotopic (exact) mass is 313 g/mol. The summed E-state index contributed by atoms with van der Waals surface area (Å²) in [6.07, 6.45) is 9.87. The predicted octanol–water partition coefficient (Wildman–Crippen LogP) is 0.292. The fourth-order valence-corrected chi connectivity index (χ4v) is 3.57. The molecule has 7 nitrogen and oxygen atoms in total. The van der Waals surface area contributed by atoms with Gasteiger partial charge in [0.2, 0.25) is 5.95 Å². The Morgan fingerprint density at radius 1 is 1.26 bits per heavy atom. The van der Waals surface area contributed by atoms with Crippen LogP contribution in [0.3, 0.4) is 0 Å². The number of rotatable bonds is 2. The third-order valence-electron chi connectivity index (χ3n) is 5.01. The molecule has 3 heterocycles. The van der Waals surface area contributed by atoms with Crippen molar-refractivity contribution in [3.05, 3.63) is 20.8 Å². The van der Waals surface area contributed by atoms with Crippen LogP contribution in [-0.2, 0) is 20.1 Å². The van der Waals surface area contributed by atoms with E-state index >= 15 is 0 Å². The molecule has 0 atom stereocenters. The first-order chi connectivity index (χ1) is 11.1. The zero-order valence-corrected chi connectivity index (χ0v) is 13.2. The molecule has 0 amide bonds. The zero-order chi connectivity index (χ0) is 16.1. The molecule has 1 fully saturated rings. The highest BCUT2D eigenvalue weighted by Crippen LogP contribution is 2.32. The Labute approximate surface area is 133 Å². The Hall–Kier alpha value is -2.49. The van der Waals surface area contributed by atoms with E-state index in [4.69, 9.17) is 6.42 Å². The molecule has 4 rings (SSSR count). The standard InChI is InChI=1S/C16H19N5O2/c1-3-8-21-14(22)12-13(18(2)16(21)23)17-15-19(11-6-4-7-11)9-5-10-20(12)15/h1,11H,4-10H2,2H3. The van der Waals surface area contributed by atoms with Crippen molar-refractivity contribution in [2.75, 3.05) is 11.4 Å². The largest absolute Gasteiger partial charge is 0.339 e. The fourth-order valence-electron chi connectivity index (χ4n) is 3.57. The molecule has 0 bridgehead atoms. The first-order valence-electron chi connectivity index (χ1n) is 8.03. The lowest BCUT2D eigenvalue weighted by Gasteiger charge is -2.40. The van der Waals surface area contributed by atoms with Crippen LogP contribution >= 0.6 is 0 Å². The number of aromatic nitrogens is 4. The molecule has 2 aromatic rings. The van der Waals surface area contributed by atoms with Gasteiger partial charge >= 0.3 is 5.69 Å². The van der Waals surface area contributed by atoms with Gasteiger partial charge < -0.3 is 9.47 Å². The van der Waals surface area contributed by atoms with Crippen LogP contribution in [0.1, 0.15) is 25.7 Å². The van der Waals surface area contributed by atoms with Gasteiger partial charge in [-0.15, -0.1) is 6.42 Å². The Balaban J connectivity index is 2.01. The van der Waals surface area contributed by atoms with Gasteiger partial charge in [-0.3, -0.25) is 9.36 Å². The Morgan fingerprint density at radius 3 is 2.70 bits per heavy atom. The van der Waals surface area contributed by atoms with Gasteiger partial charge in [0.25, 0.3) is 5.56 Å². The van der Waals surface area contributed by atoms with Gasteiger partial charge in [0.1, 0.15) is 0 Å². The highest BCUT2D eigenvalue weighted by atomic mass is 16.2. The second-order valence-corrected chi connectivity index (χ2v) is 6.30. The van der Waals surface area contributed by atoms with Crippen LogP contribution in [0.4, 0.5) is 5.95 Å². The van der Waals surface area contributed by atoms with Crippen molar-refractivity contribution in [1.82, 2.24) is 18.7 Å². The summed E-state index contributed by atoms with van der Waals surface area (Å²) < 4.78 is 4.50. The topological polar surface area (TPSA) is 65.1 Å². The minimum atomic E-state index is -0.411. The average molecular weight is 313 g/mol. The van der Waals surface area contributed by atoms with E-state index in [-0.39, 0.29) is 12.1 Å². The van der Waals surface area contributed by atoms with E-state index in [1.165, 1.54) is 23.8 Å². The number of anilines is 1. The summed E-state index contributed by atoms with van der Waals surface area (Å²) in [5.74, 6) is 3.21. The number of imidazole rings is 1. The van der Waals surface area contributed by atoms with Gasteiger partial charge in [-0.1, -0.05) is 5.92 Å². The molecule has 0 N–H and O–H groups in total. The molecule has 0 unspecified atom stereocenters. The summed E-state index contributed by atoms with van der Waals surface area (Å²) in [6, 6.07) is 0.510. The van der Waals surface area contributed by atoms with E-state index in [1.54, 1.807) is 7.05 Å². The maximum absolute atomic E-state index is 12.8. The van der Waals surface area contributed by atoms with Crippen molar-refractivity contribution in [3.8, 4) is 12.3 Å². The molecule has 2 aromatic heterocycles. The molecular formula is C16H19N5O2. The molecule has 2 aliphatic rings. The summed E-state index contributed by atoms with van der Waals surface area (Å²) >= 11 is 0. The third kappa shape index (κ3) is 1.87. The third-order valence-corrected chi connectivity index (χ3v) is 5.01. The number of hydrogen-bond acceptors (Lipinski definition) is 4. The maximum atomic E-state index is 12.8. The molecule has 0 spiro atoms. The van der Waals surface area contributed by atoms with E-state index in [0.29, 0.717) is 17.2 Å². The number of nitrogens with zero attached hydrogens (tertiary/aromatic N) is 5. The summed E-state index contributed by atoms with van der Waals surface area (Å²) in [4.78, 5) is 32.1. The van der Waals surface area contributed by atoms with Crippen molar-refractivity contribution in [1.29, 1.82) is 0 Å². The molecule has 0 aromatic carbocycles. The van der Waals surface area contributed by atoms with E-state index in [2.05, 4.69) is 15.8 Å². The van der Waals surface area contributed by atoms with Gasteiger partial charge in [0.15, 0.2) is 11.2 Å². The molecule has 1 aliphatic heterocycles. The summed E-state index contributed by atoms with van der Waals surface area (Å²) in [5.41, 5.74) is 0.192. The maximum Gasteiger partial charge on any atom is 0.333 e. The fraction of sp³-hybridized carbons (Fsp3) is 0.562. The Bertz CT molecular complexity index is 938. The highest BCUT2D eigenvalue weighted by Gasteiger charge is 2.32. The molecule has 0 saturated heterocycles. The van der Waals surface area contributed by atoms with Crippen molar-refractivity contribution in [2.45, 2.75) is 44.8 Å². The summed E-state index contributed by atoms with van der Waals surface area (Å²) in [7, 11) is 1.64. The van der Waals surface area contributed by atoms with Crippen LogP contribution in [0.15, 0.2) is 9.59 Å². The van der Waals surface area contributed by atoms with Crippen molar-refractivity contribution < 1.29 is 0 Å². The van der Waals surface area contributed by atoms with E-state index in [9.17, 15) is 9.59 Å². The molecule has 1 saturated carbocycles. The predicted molar refractivity (Wildman–Crippen MR) is 87.7 cm³/mol. The van der Waals surface area contributed by atoms with Crippen LogP contribution in [0.2, 0.25) is 0 Å². The minimum Gasteiger partial charge on any atom is -0.339 e. The van der Waals surface area contributed by atoms with Gasteiger partial charge in [-0.25, -0.2) is 9.36 Å². The van der Waals surface area contributed by atoms with Crippen LogP contribution in [0.5, 0.6) is 0 Å². The van der Waals surface area contributed by atoms with Crippen LogP contribution in [0, 0.1) is 12.3 Å². The number of fused-ring (bicyclic) bond motifs is 3. The normalized spacial score (nSPS) is 17.8. The average Bonchev–Trinajstić information content (AvgIpc) is 2.88. The van der Waals surface area contributed by atoms with E-state index in [0.717, 1.165) is 30.0 Å². The van der Waals surface area contributed by atoms with Crippen molar-refractivity contribution >= 4 is 17.1 Å². The Morgan fingerprint density at radius 2 is 2.04 bits per heavy atom. The first-order valence-corrected chi connectivity index (χ1v) is 8.03. The minimum absolute atomic E-state index is 0.0195. The lowest BCUT2D eigenvalue weighted by Crippen LogP contribution is -2.45. The molecule has 7 heteroatoms. The number of terminal acetylenes is 1. The van der Waals surface area contributed by atoms with Gasteiger partial charge in [-0.2, -0.15) is 4.98 Å². The van der Waals surface area contributed by atoms with Gasteiger partial charge in [0, 0.05) is 26.2 Å². The number of hydrogen-bond donors (Lipinski definition) is 0. The van der Waals surface area contributed by atoms with Crippen molar-refractivity contribution in [2.24, 2.45) is 7.05 Å². The first kappa shape index (κ1) is 14.1. The van der Waals surface area contributed by atoms with Crippen molar-refractivity contribution in [3.63, 3.8) is 0 Å².